The van der Waals surface area contributed by atoms with Crippen molar-refractivity contribution in [3.8, 4) is 11.5 Å². The number of nitro benzene ring substituents is 1. The lowest BCUT2D eigenvalue weighted by molar-refractivity contribution is -0.385. The van der Waals surface area contributed by atoms with Gasteiger partial charge in [0.05, 0.1) is 12.0 Å². The molecule has 9 heteroatoms. The molecule has 172 valence electrons. The van der Waals surface area contributed by atoms with Crippen molar-refractivity contribution in [3.63, 3.8) is 0 Å². The van der Waals surface area contributed by atoms with Crippen LogP contribution < -0.4 is 9.47 Å². The third-order valence-corrected chi connectivity index (χ3v) is 5.87. The van der Waals surface area contributed by atoms with Gasteiger partial charge in [0.2, 0.25) is 5.90 Å². The number of hydrogen-bond donors (Lipinski definition) is 0. The number of halogens is 1. The molecule has 0 N–H and O–H groups in total. The van der Waals surface area contributed by atoms with Crippen molar-refractivity contribution in [1.82, 2.24) is 0 Å². The maximum Gasteiger partial charge on any atom is 0.363 e. The molecule has 34 heavy (non-hydrogen) atoms. The van der Waals surface area contributed by atoms with E-state index in [-0.39, 0.29) is 17.3 Å². The lowest BCUT2D eigenvalue weighted by Gasteiger charge is -2.12. The van der Waals surface area contributed by atoms with Gasteiger partial charge in [0.1, 0.15) is 6.61 Å². The summed E-state index contributed by atoms with van der Waals surface area (Å²) in [4.78, 5) is 27.2. The summed E-state index contributed by atoms with van der Waals surface area (Å²) in [6.07, 6.45) is 1.58. The number of esters is 1. The van der Waals surface area contributed by atoms with Crippen molar-refractivity contribution >= 4 is 39.6 Å². The molecule has 0 unspecified atom stereocenters. The smallest absolute Gasteiger partial charge is 0.363 e. The van der Waals surface area contributed by atoms with Gasteiger partial charge in [0.15, 0.2) is 17.2 Å². The standard InChI is InChI=1S/C25H19BrN2O6/c1-15-11-17(8-9-21(15)28(30)31)24-27-20(25(29)34-24)12-16-7-10-22(23(13-16)32-2)33-14-18-5-3-4-6-19(18)26/h3-13H,14H2,1-2H3/b20-12-. The normalized spacial score (nSPS) is 14.0. The van der Waals surface area contributed by atoms with Crippen molar-refractivity contribution in [2.45, 2.75) is 13.5 Å². The van der Waals surface area contributed by atoms with E-state index in [0.29, 0.717) is 34.8 Å². The van der Waals surface area contributed by atoms with Crippen LogP contribution in [0.5, 0.6) is 11.5 Å². The second-order valence-corrected chi connectivity index (χ2v) is 8.24. The number of aliphatic imine (C=N–C) groups is 1. The van der Waals surface area contributed by atoms with Crippen LogP contribution >= 0.6 is 15.9 Å². The van der Waals surface area contributed by atoms with E-state index in [1.165, 1.54) is 19.2 Å². The summed E-state index contributed by atoms with van der Waals surface area (Å²) in [5.41, 5.74) is 2.68. The average Bonchev–Trinajstić information content (AvgIpc) is 3.18. The number of hydrogen-bond acceptors (Lipinski definition) is 7. The third-order valence-electron chi connectivity index (χ3n) is 5.09. The van der Waals surface area contributed by atoms with Crippen molar-refractivity contribution in [2.75, 3.05) is 7.11 Å². The molecular formula is C25H19BrN2O6. The fourth-order valence-electron chi connectivity index (χ4n) is 3.35. The number of carbonyl (C=O) groups is 1. The summed E-state index contributed by atoms with van der Waals surface area (Å²) in [5.74, 6) is 0.539. The molecule has 0 saturated carbocycles. The highest BCUT2D eigenvalue weighted by Crippen LogP contribution is 2.31. The predicted octanol–water partition coefficient (Wildman–Crippen LogP) is 5.60. The molecule has 0 amide bonds. The van der Waals surface area contributed by atoms with Crippen LogP contribution in [0.15, 0.2) is 75.8 Å². The van der Waals surface area contributed by atoms with Gasteiger partial charge in [-0.05, 0) is 48.9 Å². The summed E-state index contributed by atoms with van der Waals surface area (Å²) < 4.78 is 17.6. The van der Waals surface area contributed by atoms with Crippen LogP contribution in [0.2, 0.25) is 0 Å². The number of carbonyl (C=O) groups excluding carboxylic acids is 1. The Morgan fingerprint density at radius 2 is 1.91 bits per heavy atom. The Hall–Kier alpha value is -3.98. The largest absolute Gasteiger partial charge is 0.493 e. The molecule has 8 nitrogen and oxygen atoms in total. The van der Waals surface area contributed by atoms with Crippen LogP contribution in [-0.4, -0.2) is 23.9 Å². The fraction of sp³-hybridized carbons (Fsp3) is 0.120. The summed E-state index contributed by atoms with van der Waals surface area (Å²) >= 11 is 3.50. The molecule has 0 radical (unpaired) electrons. The van der Waals surface area contributed by atoms with Crippen molar-refractivity contribution < 1.29 is 23.9 Å². The Morgan fingerprint density at radius 1 is 1.12 bits per heavy atom. The average molecular weight is 523 g/mol. The van der Waals surface area contributed by atoms with Gasteiger partial charge in [-0.25, -0.2) is 9.79 Å². The van der Waals surface area contributed by atoms with Crippen LogP contribution in [0.3, 0.4) is 0 Å². The topological polar surface area (TPSA) is 100 Å². The van der Waals surface area contributed by atoms with E-state index in [0.717, 1.165) is 10.0 Å². The van der Waals surface area contributed by atoms with E-state index in [1.807, 2.05) is 24.3 Å². The summed E-state index contributed by atoms with van der Waals surface area (Å²) in [7, 11) is 1.54. The van der Waals surface area contributed by atoms with Crippen LogP contribution in [0.25, 0.3) is 6.08 Å². The number of benzene rings is 3. The van der Waals surface area contributed by atoms with Gasteiger partial charge in [-0.1, -0.05) is 40.2 Å². The predicted molar refractivity (Wildman–Crippen MR) is 130 cm³/mol. The first-order valence-corrected chi connectivity index (χ1v) is 11.0. The molecule has 0 aromatic heterocycles. The zero-order valence-corrected chi connectivity index (χ0v) is 19.9. The van der Waals surface area contributed by atoms with Gasteiger partial charge >= 0.3 is 5.97 Å². The summed E-state index contributed by atoms with van der Waals surface area (Å²) in [5, 5.41) is 11.0. The molecule has 3 aromatic rings. The molecule has 0 fully saturated rings. The zero-order valence-electron chi connectivity index (χ0n) is 18.3. The highest BCUT2D eigenvalue weighted by Gasteiger charge is 2.25. The van der Waals surface area contributed by atoms with E-state index >= 15 is 0 Å². The highest BCUT2D eigenvalue weighted by molar-refractivity contribution is 9.10. The van der Waals surface area contributed by atoms with E-state index in [2.05, 4.69) is 20.9 Å². The van der Waals surface area contributed by atoms with E-state index < -0.39 is 10.9 Å². The lowest BCUT2D eigenvalue weighted by Crippen LogP contribution is -2.06. The number of cyclic esters (lactones) is 1. The van der Waals surface area contributed by atoms with Gasteiger partial charge in [0.25, 0.3) is 5.69 Å². The Labute approximate surface area is 203 Å². The third kappa shape index (κ3) is 4.99. The number of nitrogens with zero attached hydrogens (tertiary/aromatic N) is 2. The van der Waals surface area contributed by atoms with Crippen LogP contribution in [0.4, 0.5) is 5.69 Å². The van der Waals surface area contributed by atoms with E-state index in [9.17, 15) is 14.9 Å². The first kappa shape index (κ1) is 23.2. The number of ether oxygens (including phenoxy) is 3. The Kier molecular flexibility index (Phi) is 6.74. The maximum absolute atomic E-state index is 12.4. The molecular weight excluding hydrogens is 504 g/mol. The minimum absolute atomic E-state index is 0.0153. The lowest BCUT2D eigenvalue weighted by atomic mass is 10.1. The molecule has 0 spiro atoms. The molecule has 3 aromatic carbocycles. The van der Waals surface area contributed by atoms with E-state index in [4.69, 9.17) is 14.2 Å². The van der Waals surface area contributed by atoms with Crippen molar-refractivity contribution in [2.24, 2.45) is 4.99 Å². The second-order valence-electron chi connectivity index (χ2n) is 7.38. The van der Waals surface area contributed by atoms with Gasteiger partial charge < -0.3 is 14.2 Å². The van der Waals surface area contributed by atoms with Crippen molar-refractivity contribution in [1.29, 1.82) is 0 Å². The molecule has 0 aliphatic carbocycles. The zero-order chi connectivity index (χ0) is 24.2. The fourth-order valence-corrected chi connectivity index (χ4v) is 3.75. The Bertz CT molecular complexity index is 1350. The first-order chi connectivity index (χ1) is 16.4. The Morgan fingerprint density at radius 3 is 2.62 bits per heavy atom. The van der Waals surface area contributed by atoms with Gasteiger partial charge in [-0.3, -0.25) is 10.1 Å². The molecule has 0 atom stereocenters. The van der Waals surface area contributed by atoms with E-state index in [1.54, 1.807) is 37.3 Å². The molecule has 0 saturated heterocycles. The van der Waals surface area contributed by atoms with Crippen LogP contribution in [0.1, 0.15) is 22.3 Å². The minimum Gasteiger partial charge on any atom is -0.493 e. The SMILES string of the molecule is COc1cc(/C=C2\N=C(c3ccc([N+](=O)[O-])c(C)c3)OC2=O)ccc1OCc1ccccc1Br. The number of rotatable bonds is 7. The molecule has 1 heterocycles. The molecule has 0 bridgehead atoms. The number of methoxy groups -OCH3 is 1. The number of nitro groups is 1. The summed E-state index contributed by atoms with van der Waals surface area (Å²) in [6.45, 7) is 1.97. The maximum atomic E-state index is 12.4. The monoisotopic (exact) mass is 522 g/mol. The molecule has 1 aliphatic rings. The quantitative estimate of drug-likeness (QED) is 0.173. The van der Waals surface area contributed by atoms with Crippen molar-refractivity contribution in [3.05, 3.63) is 103 Å². The van der Waals surface area contributed by atoms with Gasteiger partial charge in [0, 0.05) is 27.2 Å². The van der Waals surface area contributed by atoms with Crippen LogP contribution in [-0.2, 0) is 16.1 Å². The Balaban J connectivity index is 1.55. The molecule has 4 rings (SSSR count). The highest BCUT2D eigenvalue weighted by atomic mass is 79.9. The second kappa shape index (κ2) is 9.88. The van der Waals surface area contributed by atoms with Crippen LogP contribution in [0, 0.1) is 17.0 Å². The summed E-state index contributed by atoms with van der Waals surface area (Å²) in [6, 6.07) is 17.5. The molecule has 1 aliphatic heterocycles. The number of aryl methyl sites for hydroxylation is 1. The van der Waals surface area contributed by atoms with Gasteiger partial charge in [-0.15, -0.1) is 0 Å². The van der Waals surface area contributed by atoms with Gasteiger partial charge in [-0.2, -0.15) is 0 Å². The minimum atomic E-state index is -0.612. The first-order valence-electron chi connectivity index (χ1n) is 10.2.